The lowest BCUT2D eigenvalue weighted by Crippen LogP contribution is -2.48. The number of amides is 1. The molecule has 0 aromatic heterocycles. The number of hydrogen-bond acceptors (Lipinski definition) is 2. The highest BCUT2D eigenvalue weighted by Crippen LogP contribution is 2.69. The van der Waals surface area contributed by atoms with Crippen LogP contribution in [0.5, 0.6) is 0 Å². The van der Waals surface area contributed by atoms with Crippen molar-refractivity contribution in [2.24, 2.45) is 29.6 Å². The fourth-order valence-electron chi connectivity index (χ4n) is 5.18. The van der Waals surface area contributed by atoms with E-state index < -0.39 is 0 Å². The number of carbonyl (C=O) groups excluding carboxylic acids is 1. The smallest absolute Gasteiger partial charge is 0.223 e. The van der Waals surface area contributed by atoms with Crippen molar-refractivity contribution in [2.45, 2.75) is 44.6 Å². The number of fused-ring (bicyclic) bond motifs is 5. The van der Waals surface area contributed by atoms with Gasteiger partial charge in [-0.25, -0.2) is 0 Å². The summed E-state index contributed by atoms with van der Waals surface area (Å²) in [6.45, 7) is 4.15. The van der Waals surface area contributed by atoms with E-state index in [9.17, 15) is 4.79 Å². The maximum Gasteiger partial charge on any atom is 0.223 e. The van der Waals surface area contributed by atoms with E-state index in [2.05, 4.69) is 17.6 Å². The third kappa shape index (κ3) is 1.56. The van der Waals surface area contributed by atoms with E-state index in [1.807, 2.05) is 0 Å². The van der Waals surface area contributed by atoms with E-state index in [4.69, 9.17) is 0 Å². The predicted octanol–water partition coefficient (Wildman–Crippen LogP) is 1.54. The molecule has 1 amide bonds. The molecule has 100 valence electrons. The van der Waals surface area contributed by atoms with Crippen LogP contribution in [-0.4, -0.2) is 24.5 Å². The molecule has 18 heavy (non-hydrogen) atoms. The Labute approximate surface area is 109 Å². The van der Waals surface area contributed by atoms with Gasteiger partial charge in [0.2, 0.25) is 5.91 Å². The molecule has 4 fully saturated rings. The lowest BCUT2D eigenvalue weighted by molar-refractivity contribution is -0.123. The number of hydrogen-bond donors (Lipinski definition) is 2. The minimum absolute atomic E-state index is 0.151. The number of rotatable bonds is 3. The van der Waals surface area contributed by atoms with Crippen LogP contribution >= 0.6 is 0 Å². The summed E-state index contributed by atoms with van der Waals surface area (Å²) >= 11 is 0. The predicted molar refractivity (Wildman–Crippen MR) is 70.0 cm³/mol. The lowest BCUT2D eigenvalue weighted by atomic mass is 9.99. The quantitative estimate of drug-likeness (QED) is 0.795. The summed E-state index contributed by atoms with van der Waals surface area (Å²) in [7, 11) is 0. The Bertz CT molecular complexity index is 359. The molecule has 2 bridgehead atoms. The van der Waals surface area contributed by atoms with Gasteiger partial charge in [-0.2, -0.15) is 0 Å². The van der Waals surface area contributed by atoms with Gasteiger partial charge in [0.25, 0.3) is 0 Å². The topological polar surface area (TPSA) is 41.1 Å². The number of carbonyl (C=O) groups is 1. The molecule has 1 aliphatic heterocycles. The van der Waals surface area contributed by atoms with Crippen molar-refractivity contribution >= 4 is 5.91 Å². The normalized spacial score (nSPS) is 52.4. The van der Waals surface area contributed by atoms with Crippen molar-refractivity contribution in [1.82, 2.24) is 10.6 Å². The zero-order valence-corrected chi connectivity index (χ0v) is 11.2. The van der Waals surface area contributed by atoms with Crippen molar-refractivity contribution in [3.8, 4) is 0 Å². The van der Waals surface area contributed by atoms with Crippen LogP contribution in [0.3, 0.4) is 0 Å². The van der Waals surface area contributed by atoms with Crippen LogP contribution in [0, 0.1) is 29.6 Å². The van der Waals surface area contributed by atoms with E-state index in [-0.39, 0.29) is 5.54 Å². The first kappa shape index (κ1) is 11.3. The van der Waals surface area contributed by atoms with E-state index in [1.54, 1.807) is 0 Å². The van der Waals surface area contributed by atoms with E-state index in [0.29, 0.717) is 11.8 Å². The van der Waals surface area contributed by atoms with Crippen LogP contribution in [0.25, 0.3) is 0 Å². The summed E-state index contributed by atoms with van der Waals surface area (Å²) in [5.41, 5.74) is 0.151. The fourth-order valence-corrected chi connectivity index (χ4v) is 5.18. The molecule has 5 atom stereocenters. The third-order valence-electron chi connectivity index (χ3n) is 6.15. The van der Waals surface area contributed by atoms with Crippen LogP contribution in [0.2, 0.25) is 0 Å². The van der Waals surface area contributed by atoms with Crippen LogP contribution < -0.4 is 10.6 Å². The van der Waals surface area contributed by atoms with Crippen LogP contribution in [-0.2, 0) is 4.79 Å². The summed E-state index contributed by atoms with van der Waals surface area (Å²) < 4.78 is 0. The second-order valence-corrected chi connectivity index (χ2v) is 7.32. The highest BCUT2D eigenvalue weighted by molar-refractivity contribution is 5.82. The van der Waals surface area contributed by atoms with Crippen molar-refractivity contribution in [2.75, 3.05) is 13.1 Å². The molecule has 0 aromatic rings. The molecule has 5 unspecified atom stereocenters. The van der Waals surface area contributed by atoms with E-state index in [1.165, 1.54) is 32.1 Å². The minimum atomic E-state index is 0.151. The molecule has 0 spiro atoms. The molecule has 0 aromatic carbocycles. The Morgan fingerprint density at radius 1 is 1.33 bits per heavy atom. The summed E-state index contributed by atoms with van der Waals surface area (Å²) in [5.74, 6) is 4.09. The summed E-state index contributed by atoms with van der Waals surface area (Å²) in [4.78, 5) is 12.3. The molecular formula is C15H24N2O. The molecule has 3 nitrogen and oxygen atoms in total. The van der Waals surface area contributed by atoms with Crippen LogP contribution in [0.4, 0.5) is 0 Å². The van der Waals surface area contributed by atoms with Gasteiger partial charge < -0.3 is 10.6 Å². The van der Waals surface area contributed by atoms with Gasteiger partial charge >= 0.3 is 0 Å². The first-order valence-electron chi connectivity index (χ1n) is 7.71. The molecule has 4 aliphatic rings. The first-order valence-corrected chi connectivity index (χ1v) is 7.71. The van der Waals surface area contributed by atoms with Crippen molar-refractivity contribution in [3.63, 3.8) is 0 Å². The lowest BCUT2D eigenvalue weighted by Gasteiger charge is -2.25. The third-order valence-corrected chi connectivity index (χ3v) is 6.15. The summed E-state index contributed by atoms with van der Waals surface area (Å²) in [5, 5.41) is 6.74. The molecule has 3 saturated carbocycles. The molecular weight excluding hydrogens is 224 g/mol. The summed E-state index contributed by atoms with van der Waals surface area (Å²) in [6, 6.07) is 0. The van der Waals surface area contributed by atoms with Crippen molar-refractivity contribution in [3.05, 3.63) is 0 Å². The number of nitrogens with one attached hydrogen (secondary N) is 2. The van der Waals surface area contributed by atoms with Gasteiger partial charge in [-0.15, -0.1) is 0 Å². The van der Waals surface area contributed by atoms with Crippen LogP contribution in [0.1, 0.15) is 39.0 Å². The molecule has 3 aliphatic carbocycles. The molecule has 3 heteroatoms. The standard InChI is InChI=1S/C15H24N2O/c1-15(5-2-6-17-15)8-16-14(18)13-11-9-3-4-10(7-9)12(11)13/h9-13,17H,2-8H2,1H3,(H,16,18). The molecule has 1 heterocycles. The van der Waals surface area contributed by atoms with Gasteiger partial charge in [-0.05, 0) is 69.2 Å². The molecule has 0 radical (unpaired) electrons. The Morgan fingerprint density at radius 2 is 2.06 bits per heavy atom. The fraction of sp³-hybridized carbons (Fsp3) is 0.933. The van der Waals surface area contributed by atoms with Gasteiger partial charge in [-0.1, -0.05) is 0 Å². The van der Waals surface area contributed by atoms with E-state index in [0.717, 1.165) is 36.8 Å². The monoisotopic (exact) mass is 248 g/mol. The van der Waals surface area contributed by atoms with Crippen molar-refractivity contribution in [1.29, 1.82) is 0 Å². The molecule has 1 saturated heterocycles. The van der Waals surface area contributed by atoms with Gasteiger partial charge in [0, 0.05) is 18.0 Å². The average molecular weight is 248 g/mol. The maximum atomic E-state index is 12.3. The average Bonchev–Trinajstić information content (AvgIpc) is 2.72. The molecule has 4 rings (SSSR count). The Balaban J connectivity index is 1.33. The summed E-state index contributed by atoms with van der Waals surface area (Å²) in [6.07, 6.45) is 6.66. The highest BCUT2D eigenvalue weighted by atomic mass is 16.2. The van der Waals surface area contributed by atoms with Crippen molar-refractivity contribution < 1.29 is 4.79 Å². The second-order valence-electron chi connectivity index (χ2n) is 7.32. The van der Waals surface area contributed by atoms with Gasteiger partial charge in [0.15, 0.2) is 0 Å². The Hall–Kier alpha value is -0.570. The largest absolute Gasteiger partial charge is 0.354 e. The van der Waals surface area contributed by atoms with Crippen LogP contribution in [0.15, 0.2) is 0 Å². The zero-order valence-electron chi connectivity index (χ0n) is 11.2. The highest BCUT2D eigenvalue weighted by Gasteiger charge is 2.67. The SMILES string of the molecule is CC1(CNC(=O)C2C3C4CCC(C4)C23)CCCN1. The Morgan fingerprint density at radius 3 is 2.67 bits per heavy atom. The zero-order chi connectivity index (χ0) is 12.3. The Kier molecular flexibility index (Phi) is 2.33. The van der Waals surface area contributed by atoms with E-state index >= 15 is 0 Å². The molecule has 2 N–H and O–H groups in total. The minimum Gasteiger partial charge on any atom is -0.354 e. The van der Waals surface area contributed by atoms with Gasteiger partial charge in [-0.3, -0.25) is 4.79 Å². The second kappa shape index (κ2) is 3.72. The maximum absolute atomic E-state index is 12.3. The first-order chi connectivity index (χ1) is 8.68. The van der Waals surface area contributed by atoms with Gasteiger partial charge in [0.05, 0.1) is 0 Å². The van der Waals surface area contributed by atoms with Gasteiger partial charge in [0.1, 0.15) is 0 Å².